The number of carbonyl (C=O) groups is 1. The molecule has 1 aliphatic rings. The Hall–Kier alpha value is -0.870. The summed E-state index contributed by atoms with van der Waals surface area (Å²) >= 11 is 0. The molecule has 4 heteroatoms. The van der Waals surface area contributed by atoms with E-state index in [0.29, 0.717) is 0 Å². The van der Waals surface area contributed by atoms with E-state index in [1.54, 1.807) is 12.2 Å². The lowest BCUT2D eigenvalue weighted by Crippen LogP contribution is -2.41. The smallest absolute Gasteiger partial charge is 0.311 e. The summed E-state index contributed by atoms with van der Waals surface area (Å²) in [7, 11) is 0. The number of aliphatic hydroxyl groups excluding tert-OH is 1. The molecule has 1 aliphatic heterocycles. The molecular weight excluding hydrogens is 290 g/mol. The Labute approximate surface area is 141 Å². The Bertz CT molecular complexity index is 351. The van der Waals surface area contributed by atoms with Crippen LogP contribution in [0, 0.1) is 5.92 Å². The second kappa shape index (κ2) is 11.6. The predicted octanol–water partition coefficient (Wildman–Crippen LogP) is 3.84. The number of aliphatic carboxylic acids is 1. The number of hydrogen-bond acceptors (Lipinski definition) is 3. The van der Waals surface area contributed by atoms with E-state index in [1.807, 2.05) is 0 Å². The monoisotopic (exact) mass is 325 g/mol. The van der Waals surface area contributed by atoms with E-state index in [1.165, 1.54) is 12.8 Å². The first-order valence-electron chi connectivity index (χ1n) is 9.43. The second-order valence-electron chi connectivity index (χ2n) is 6.76. The van der Waals surface area contributed by atoms with E-state index in [0.717, 1.165) is 58.0 Å². The standard InChI is InChI=1S/C19H35NO3/c1-3-5-7-10-16(21)12-13-17(19(22)23)18(11-6-4-2)20-14-8-9-15-20/h12-13,16-18,21H,3-11,14-15H2,1-2H3,(H,22,23). The fourth-order valence-corrected chi connectivity index (χ4v) is 3.40. The highest BCUT2D eigenvalue weighted by Crippen LogP contribution is 2.24. The van der Waals surface area contributed by atoms with Crippen molar-refractivity contribution in [2.24, 2.45) is 5.92 Å². The van der Waals surface area contributed by atoms with E-state index in [4.69, 9.17) is 0 Å². The van der Waals surface area contributed by atoms with E-state index in [2.05, 4.69) is 18.7 Å². The molecule has 0 aromatic carbocycles. The van der Waals surface area contributed by atoms with Gasteiger partial charge in [0.05, 0.1) is 12.0 Å². The van der Waals surface area contributed by atoms with Gasteiger partial charge in [0.25, 0.3) is 0 Å². The van der Waals surface area contributed by atoms with Gasteiger partial charge in [0.2, 0.25) is 0 Å². The molecule has 2 N–H and O–H groups in total. The molecule has 0 bridgehead atoms. The van der Waals surface area contributed by atoms with Crippen LogP contribution in [0.3, 0.4) is 0 Å². The molecular formula is C19H35NO3. The number of carboxylic acid groups (broad SMARTS) is 1. The van der Waals surface area contributed by atoms with Gasteiger partial charge in [-0.1, -0.05) is 58.1 Å². The van der Waals surface area contributed by atoms with Gasteiger partial charge in [-0.3, -0.25) is 9.69 Å². The lowest BCUT2D eigenvalue weighted by molar-refractivity contribution is -0.142. The molecule has 1 fully saturated rings. The van der Waals surface area contributed by atoms with Crippen LogP contribution in [0.1, 0.15) is 71.6 Å². The summed E-state index contributed by atoms with van der Waals surface area (Å²) in [6.45, 7) is 6.29. The maximum absolute atomic E-state index is 11.8. The zero-order chi connectivity index (χ0) is 17.1. The fraction of sp³-hybridized carbons (Fsp3) is 0.842. The normalized spacial score (nSPS) is 20.0. The summed E-state index contributed by atoms with van der Waals surface area (Å²) in [6, 6.07) is 0.0639. The molecule has 4 nitrogen and oxygen atoms in total. The highest BCUT2D eigenvalue weighted by atomic mass is 16.4. The number of rotatable bonds is 12. The number of carboxylic acids is 1. The van der Waals surface area contributed by atoms with Crippen LogP contribution in [0.25, 0.3) is 0 Å². The van der Waals surface area contributed by atoms with Gasteiger partial charge in [0.15, 0.2) is 0 Å². The molecule has 0 saturated carbocycles. The van der Waals surface area contributed by atoms with Crippen LogP contribution < -0.4 is 0 Å². The third kappa shape index (κ3) is 7.49. The van der Waals surface area contributed by atoms with Crippen LogP contribution in [0.5, 0.6) is 0 Å². The number of hydrogen-bond donors (Lipinski definition) is 2. The van der Waals surface area contributed by atoms with Crippen molar-refractivity contribution < 1.29 is 15.0 Å². The zero-order valence-electron chi connectivity index (χ0n) is 14.9. The van der Waals surface area contributed by atoms with Crippen LogP contribution in [0.2, 0.25) is 0 Å². The third-order valence-corrected chi connectivity index (χ3v) is 4.81. The van der Waals surface area contributed by atoms with E-state index >= 15 is 0 Å². The van der Waals surface area contributed by atoms with E-state index < -0.39 is 18.0 Å². The summed E-state index contributed by atoms with van der Waals surface area (Å²) < 4.78 is 0. The fourth-order valence-electron chi connectivity index (χ4n) is 3.40. The van der Waals surface area contributed by atoms with Gasteiger partial charge in [-0.2, -0.15) is 0 Å². The van der Waals surface area contributed by atoms with E-state index in [9.17, 15) is 15.0 Å². The van der Waals surface area contributed by atoms with Crippen molar-refractivity contribution in [3.05, 3.63) is 12.2 Å². The SMILES string of the molecule is CCCCCC(O)C=CC(C(=O)O)C(CCCC)N1CCCC1. The first-order valence-corrected chi connectivity index (χ1v) is 9.43. The average Bonchev–Trinajstić information content (AvgIpc) is 3.04. The van der Waals surface area contributed by atoms with Crippen molar-refractivity contribution >= 4 is 5.97 Å². The first-order chi connectivity index (χ1) is 11.1. The van der Waals surface area contributed by atoms with Crippen molar-refractivity contribution in [1.29, 1.82) is 0 Å². The molecule has 0 aromatic rings. The Morgan fingerprint density at radius 2 is 1.70 bits per heavy atom. The number of nitrogens with zero attached hydrogens (tertiary/aromatic N) is 1. The second-order valence-corrected chi connectivity index (χ2v) is 6.76. The topological polar surface area (TPSA) is 60.8 Å². The number of unbranched alkanes of at least 4 members (excludes halogenated alkanes) is 3. The van der Waals surface area contributed by atoms with Gasteiger partial charge in [0.1, 0.15) is 0 Å². The number of likely N-dealkylation sites (tertiary alicyclic amines) is 1. The molecule has 0 aliphatic carbocycles. The molecule has 3 unspecified atom stereocenters. The Morgan fingerprint density at radius 3 is 2.26 bits per heavy atom. The van der Waals surface area contributed by atoms with Crippen LogP contribution in [0.4, 0.5) is 0 Å². The summed E-state index contributed by atoms with van der Waals surface area (Å²) in [6.07, 6.45) is 12.3. The van der Waals surface area contributed by atoms with Crippen molar-refractivity contribution in [3.63, 3.8) is 0 Å². The van der Waals surface area contributed by atoms with Gasteiger partial charge < -0.3 is 10.2 Å². The molecule has 23 heavy (non-hydrogen) atoms. The maximum atomic E-state index is 11.8. The summed E-state index contributed by atoms with van der Waals surface area (Å²) in [5, 5.41) is 19.7. The van der Waals surface area contributed by atoms with Gasteiger partial charge in [-0.05, 0) is 38.8 Å². The molecule has 1 heterocycles. The van der Waals surface area contributed by atoms with Crippen LogP contribution in [-0.2, 0) is 4.79 Å². The predicted molar refractivity (Wildman–Crippen MR) is 94.5 cm³/mol. The average molecular weight is 325 g/mol. The lowest BCUT2D eigenvalue weighted by Gasteiger charge is -2.31. The highest BCUT2D eigenvalue weighted by Gasteiger charge is 2.31. The molecule has 1 rings (SSSR count). The van der Waals surface area contributed by atoms with Crippen molar-refractivity contribution in [1.82, 2.24) is 4.90 Å². The van der Waals surface area contributed by atoms with Gasteiger partial charge in [0, 0.05) is 6.04 Å². The lowest BCUT2D eigenvalue weighted by atomic mass is 9.92. The highest BCUT2D eigenvalue weighted by molar-refractivity contribution is 5.73. The molecule has 1 saturated heterocycles. The largest absolute Gasteiger partial charge is 0.481 e. The Balaban J connectivity index is 2.68. The first kappa shape index (κ1) is 20.2. The quantitative estimate of drug-likeness (QED) is 0.423. The number of aliphatic hydroxyl groups is 1. The minimum absolute atomic E-state index is 0.0639. The van der Waals surface area contributed by atoms with E-state index in [-0.39, 0.29) is 6.04 Å². The molecule has 0 aromatic heterocycles. The van der Waals surface area contributed by atoms with Crippen molar-refractivity contribution in [2.75, 3.05) is 13.1 Å². The molecule has 0 radical (unpaired) electrons. The Morgan fingerprint density at radius 1 is 1.04 bits per heavy atom. The summed E-state index contributed by atoms with van der Waals surface area (Å²) in [4.78, 5) is 14.1. The van der Waals surface area contributed by atoms with Crippen molar-refractivity contribution in [2.45, 2.75) is 83.8 Å². The third-order valence-electron chi connectivity index (χ3n) is 4.81. The maximum Gasteiger partial charge on any atom is 0.311 e. The van der Waals surface area contributed by atoms with Crippen LogP contribution >= 0.6 is 0 Å². The summed E-state index contributed by atoms with van der Waals surface area (Å²) in [5.74, 6) is -1.28. The minimum atomic E-state index is -0.769. The molecule has 3 atom stereocenters. The Kier molecular flexibility index (Phi) is 10.2. The van der Waals surface area contributed by atoms with Gasteiger partial charge in [-0.25, -0.2) is 0 Å². The zero-order valence-corrected chi connectivity index (χ0v) is 14.9. The van der Waals surface area contributed by atoms with Crippen LogP contribution in [0.15, 0.2) is 12.2 Å². The minimum Gasteiger partial charge on any atom is -0.481 e. The molecule has 0 spiro atoms. The van der Waals surface area contributed by atoms with Crippen LogP contribution in [-0.4, -0.2) is 46.3 Å². The van der Waals surface area contributed by atoms with Crippen molar-refractivity contribution in [3.8, 4) is 0 Å². The molecule has 0 amide bonds. The van der Waals surface area contributed by atoms with Gasteiger partial charge in [-0.15, -0.1) is 0 Å². The van der Waals surface area contributed by atoms with Gasteiger partial charge >= 0.3 is 5.97 Å². The summed E-state index contributed by atoms with van der Waals surface area (Å²) in [5.41, 5.74) is 0. The molecule has 134 valence electrons.